The summed E-state index contributed by atoms with van der Waals surface area (Å²) in [5.41, 5.74) is 10.9. The van der Waals surface area contributed by atoms with E-state index in [1.54, 1.807) is 18.2 Å². The van der Waals surface area contributed by atoms with E-state index in [4.69, 9.17) is 51.0 Å². The lowest BCUT2D eigenvalue weighted by Crippen LogP contribution is -2.47. The molecule has 33 heavy (non-hydrogen) atoms. The van der Waals surface area contributed by atoms with E-state index in [-0.39, 0.29) is 47.2 Å². The van der Waals surface area contributed by atoms with Crippen molar-refractivity contribution in [3.8, 4) is 5.75 Å². The highest BCUT2D eigenvalue weighted by Crippen LogP contribution is 2.31. The molecule has 1 heterocycles. The predicted octanol–water partition coefficient (Wildman–Crippen LogP) is 0.865. The van der Waals surface area contributed by atoms with Crippen LogP contribution in [0.15, 0.2) is 18.2 Å². The topological polar surface area (TPSA) is 178 Å². The van der Waals surface area contributed by atoms with Crippen molar-refractivity contribution >= 4 is 58.3 Å². The average Bonchev–Trinajstić information content (AvgIpc) is 2.76. The third-order valence-electron chi connectivity index (χ3n) is 4.19. The van der Waals surface area contributed by atoms with E-state index in [1.165, 1.54) is 6.92 Å². The number of carbonyl (C=O) groups excluding carboxylic acids is 2. The first kappa shape index (κ1) is 26.7. The molecule has 1 aromatic heterocycles. The minimum atomic E-state index is -0.878. The molecule has 14 heteroatoms. The number of halogens is 3. The van der Waals surface area contributed by atoms with Crippen LogP contribution in [0.5, 0.6) is 5.75 Å². The van der Waals surface area contributed by atoms with Gasteiger partial charge in [0.05, 0.1) is 5.02 Å². The number of aliphatic hydroxyl groups is 1. The minimum absolute atomic E-state index is 0.00363. The van der Waals surface area contributed by atoms with Crippen LogP contribution in [-0.4, -0.2) is 65.3 Å². The van der Waals surface area contributed by atoms with Crippen LogP contribution in [0.4, 0.5) is 11.6 Å². The fraction of sp³-hybridized carbons (Fsp3) is 0.368. The standard InChI is InChI=1S/C19H24Cl3N7O4/c1-9(27-19(32)14-16(23)29-17(24)15(22)28-14)18(31)26-6-5-25-7-10(30)8-33-12-4-2-3-11(20)13(12)21/h2-4,9-10,25,30H,5-8H2,1H3,(H,26,31)(H,27,32)(H4,23,24,29)/t9-,10?/m0/s1. The summed E-state index contributed by atoms with van der Waals surface area (Å²) in [7, 11) is 0. The molecule has 0 radical (unpaired) electrons. The quantitative estimate of drug-likeness (QED) is 0.234. The Morgan fingerprint density at radius 2 is 1.88 bits per heavy atom. The van der Waals surface area contributed by atoms with Gasteiger partial charge in [0.1, 0.15) is 29.5 Å². The molecule has 0 fully saturated rings. The first-order chi connectivity index (χ1) is 15.6. The molecule has 2 atom stereocenters. The fourth-order valence-electron chi connectivity index (χ4n) is 2.48. The summed E-state index contributed by atoms with van der Waals surface area (Å²) in [6, 6.07) is 4.09. The van der Waals surface area contributed by atoms with Gasteiger partial charge < -0.3 is 37.3 Å². The van der Waals surface area contributed by atoms with Gasteiger partial charge in [0.2, 0.25) is 5.91 Å². The summed E-state index contributed by atoms with van der Waals surface area (Å²) in [4.78, 5) is 31.9. The maximum atomic E-state index is 12.3. The van der Waals surface area contributed by atoms with Gasteiger partial charge in [-0.15, -0.1) is 0 Å². The molecule has 2 aromatic rings. The molecule has 0 saturated carbocycles. The normalized spacial score (nSPS) is 12.6. The van der Waals surface area contributed by atoms with Crippen LogP contribution in [0.2, 0.25) is 15.2 Å². The van der Waals surface area contributed by atoms with E-state index in [2.05, 4.69) is 25.9 Å². The molecule has 8 N–H and O–H groups in total. The number of nitrogens with two attached hydrogens (primary N) is 2. The Labute approximate surface area is 205 Å². The molecule has 2 amide bonds. The van der Waals surface area contributed by atoms with Crippen molar-refractivity contribution in [2.75, 3.05) is 37.7 Å². The number of anilines is 2. The number of amides is 2. The highest BCUT2D eigenvalue weighted by atomic mass is 35.5. The number of hydrogen-bond donors (Lipinski definition) is 6. The van der Waals surface area contributed by atoms with Crippen LogP contribution >= 0.6 is 34.8 Å². The number of hydrogen-bond acceptors (Lipinski definition) is 9. The van der Waals surface area contributed by atoms with E-state index in [9.17, 15) is 14.7 Å². The number of rotatable bonds is 11. The summed E-state index contributed by atoms with van der Waals surface area (Å²) in [5.74, 6) is -1.08. The van der Waals surface area contributed by atoms with E-state index < -0.39 is 24.0 Å². The number of ether oxygens (including phenoxy) is 1. The summed E-state index contributed by atoms with van der Waals surface area (Å²) < 4.78 is 5.45. The monoisotopic (exact) mass is 519 g/mol. The maximum absolute atomic E-state index is 12.3. The smallest absolute Gasteiger partial charge is 0.274 e. The van der Waals surface area contributed by atoms with Gasteiger partial charge in [-0.1, -0.05) is 40.9 Å². The van der Waals surface area contributed by atoms with Crippen LogP contribution in [0.25, 0.3) is 0 Å². The van der Waals surface area contributed by atoms with Crippen molar-refractivity contribution in [1.82, 2.24) is 25.9 Å². The molecule has 0 bridgehead atoms. The molecule has 0 aliphatic heterocycles. The molecule has 0 saturated heterocycles. The van der Waals surface area contributed by atoms with Crippen molar-refractivity contribution in [2.24, 2.45) is 0 Å². The summed E-state index contributed by atoms with van der Waals surface area (Å²) in [5, 5.41) is 18.5. The van der Waals surface area contributed by atoms with Crippen LogP contribution < -0.4 is 32.2 Å². The Morgan fingerprint density at radius 3 is 2.61 bits per heavy atom. The van der Waals surface area contributed by atoms with Crippen LogP contribution in [0.3, 0.4) is 0 Å². The van der Waals surface area contributed by atoms with E-state index in [0.717, 1.165) is 0 Å². The van der Waals surface area contributed by atoms with Crippen molar-refractivity contribution < 1.29 is 19.4 Å². The van der Waals surface area contributed by atoms with Gasteiger partial charge in [-0.2, -0.15) is 0 Å². The molecular weight excluding hydrogens is 497 g/mol. The van der Waals surface area contributed by atoms with Gasteiger partial charge in [0.25, 0.3) is 5.91 Å². The van der Waals surface area contributed by atoms with Crippen LogP contribution in [0.1, 0.15) is 17.4 Å². The first-order valence-electron chi connectivity index (χ1n) is 9.72. The number of benzene rings is 1. The van der Waals surface area contributed by atoms with Gasteiger partial charge in [-0.25, -0.2) is 9.97 Å². The molecular formula is C19H24Cl3N7O4. The molecule has 180 valence electrons. The number of aliphatic hydroxyl groups excluding tert-OH is 1. The summed E-state index contributed by atoms with van der Waals surface area (Å²) in [6.45, 7) is 2.33. The molecule has 0 spiro atoms. The Bertz CT molecular complexity index is 996. The van der Waals surface area contributed by atoms with Crippen LogP contribution in [0, 0.1) is 0 Å². The zero-order valence-electron chi connectivity index (χ0n) is 17.6. The molecule has 1 unspecified atom stereocenters. The average molecular weight is 521 g/mol. The second-order valence-electron chi connectivity index (χ2n) is 6.84. The molecule has 1 aromatic carbocycles. The molecule has 11 nitrogen and oxygen atoms in total. The Kier molecular flexibility index (Phi) is 10.2. The SMILES string of the molecule is C[C@H](NC(=O)c1nc(Cl)c(N)nc1N)C(=O)NCCNCC(O)COc1cccc(Cl)c1Cl. The van der Waals surface area contributed by atoms with Crippen LogP contribution in [-0.2, 0) is 4.79 Å². The maximum Gasteiger partial charge on any atom is 0.274 e. The fourth-order valence-corrected chi connectivity index (χ4v) is 2.95. The van der Waals surface area contributed by atoms with E-state index in [1.807, 2.05) is 0 Å². The van der Waals surface area contributed by atoms with Gasteiger partial charge >= 0.3 is 0 Å². The summed E-state index contributed by atoms with van der Waals surface area (Å²) in [6.07, 6.45) is -0.813. The number of aromatic nitrogens is 2. The Balaban J connectivity index is 1.66. The van der Waals surface area contributed by atoms with E-state index in [0.29, 0.717) is 17.3 Å². The number of carbonyl (C=O) groups is 2. The third-order valence-corrected chi connectivity index (χ3v) is 5.27. The zero-order valence-corrected chi connectivity index (χ0v) is 19.8. The first-order valence-corrected chi connectivity index (χ1v) is 10.9. The van der Waals surface area contributed by atoms with Gasteiger partial charge in [0, 0.05) is 19.6 Å². The largest absolute Gasteiger partial charge is 0.489 e. The molecule has 0 aliphatic carbocycles. The van der Waals surface area contributed by atoms with E-state index >= 15 is 0 Å². The highest BCUT2D eigenvalue weighted by Gasteiger charge is 2.21. The Morgan fingerprint density at radius 1 is 1.15 bits per heavy atom. The van der Waals surface area contributed by atoms with Crippen molar-refractivity contribution in [1.29, 1.82) is 0 Å². The zero-order chi connectivity index (χ0) is 24.5. The van der Waals surface area contributed by atoms with Gasteiger partial charge in [0.15, 0.2) is 22.5 Å². The van der Waals surface area contributed by atoms with Crippen molar-refractivity contribution in [3.05, 3.63) is 39.1 Å². The lowest BCUT2D eigenvalue weighted by Gasteiger charge is -2.16. The van der Waals surface area contributed by atoms with Crippen molar-refractivity contribution in [2.45, 2.75) is 19.1 Å². The minimum Gasteiger partial charge on any atom is -0.489 e. The molecule has 0 aliphatic rings. The second-order valence-corrected chi connectivity index (χ2v) is 7.98. The Hall–Kier alpha value is -2.57. The van der Waals surface area contributed by atoms with Crippen molar-refractivity contribution in [3.63, 3.8) is 0 Å². The number of nitrogens with one attached hydrogen (secondary N) is 3. The summed E-state index contributed by atoms with van der Waals surface area (Å²) >= 11 is 17.7. The lowest BCUT2D eigenvalue weighted by molar-refractivity contribution is -0.122. The second kappa shape index (κ2) is 12.6. The van der Waals surface area contributed by atoms with Gasteiger partial charge in [-0.3, -0.25) is 9.59 Å². The third kappa shape index (κ3) is 8.06. The molecule has 2 rings (SSSR count). The lowest BCUT2D eigenvalue weighted by atomic mass is 10.2. The predicted molar refractivity (Wildman–Crippen MR) is 127 cm³/mol. The number of nitrogens with zero attached hydrogens (tertiary/aromatic N) is 2. The van der Waals surface area contributed by atoms with Gasteiger partial charge in [-0.05, 0) is 19.1 Å². The highest BCUT2D eigenvalue weighted by molar-refractivity contribution is 6.42. The number of nitrogen functional groups attached to an aromatic ring is 2.